The van der Waals surface area contributed by atoms with E-state index >= 15 is 0 Å². The molecule has 0 heterocycles. The van der Waals surface area contributed by atoms with Gasteiger partial charge in [0, 0.05) is 5.30 Å². The minimum atomic E-state index is -0.923. The summed E-state index contributed by atoms with van der Waals surface area (Å²) in [6.45, 7) is 3.36. The Labute approximate surface area is 73.4 Å². The Morgan fingerprint density at radius 2 is 1.92 bits per heavy atom. The van der Waals surface area contributed by atoms with E-state index in [2.05, 4.69) is 0 Å². The highest BCUT2D eigenvalue weighted by Gasteiger charge is 2.19. The predicted molar refractivity (Wildman–Crippen MR) is 48.9 cm³/mol. The van der Waals surface area contributed by atoms with E-state index in [1.807, 2.05) is 6.07 Å². The van der Waals surface area contributed by atoms with Crippen molar-refractivity contribution in [2.45, 2.75) is 19.4 Å². The van der Waals surface area contributed by atoms with Crippen LogP contribution in [0.4, 0.5) is 0 Å². The van der Waals surface area contributed by atoms with Crippen LogP contribution in [0, 0.1) is 0 Å². The minimum Gasteiger partial charge on any atom is -0.386 e. The van der Waals surface area contributed by atoms with E-state index in [-0.39, 0.29) is 8.46 Å². The molecule has 0 bridgehead atoms. The highest BCUT2D eigenvalue weighted by Crippen LogP contribution is 2.19. The van der Waals surface area contributed by atoms with Crippen molar-refractivity contribution in [3.05, 3.63) is 29.8 Å². The van der Waals surface area contributed by atoms with E-state index in [4.69, 9.17) is 0 Å². The molecular formula is C9H11O2P. The van der Waals surface area contributed by atoms with Gasteiger partial charge in [-0.25, -0.2) is 0 Å². The van der Waals surface area contributed by atoms with E-state index in [9.17, 15) is 9.67 Å². The molecule has 1 rings (SSSR count). The topological polar surface area (TPSA) is 37.3 Å². The summed E-state index contributed by atoms with van der Waals surface area (Å²) < 4.78 is 10.7. The summed E-state index contributed by atoms with van der Waals surface area (Å²) >= 11 is 0. The van der Waals surface area contributed by atoms with Crippen LogP contribution < -0.4 is 5.30 Å². The third-order valence-corrected chi connectivity index (χ3v) is 2.25. The number of hydrogen-bond acceptors (Lipinski definition) is 2. The maximum absolute atomic E-state index is 10.7. The van der Waals surface area contributed by atoms with Crippen LogP contribution in [0.1, 0.15) is 19.4 Å². The molecule has 0 aromatic heterocycles. The zero-order valence-corrected chi connectivity index (χ0v) is 8.01. The van der Waals surface area contributed by atoms with Gasteiger partial charge in [0.25, 0.3) is 0 Å². The first-order valence-corrected chi connectivity index (χ1v) is 4.52. The van der Waals surface area contributed by atoms with Crippen molar-refractivity contribution in [3.63, 3.8) is 0 Å². The molecule has 3 heteroatoms. The van der Waals surface area contributed by atoms with Crippen LogP contribution in [0.25, 0.3) is 0 Å². The molecule has 1 aromatic carbocycles. The minimum absolute atomic E-state index is 0.0476. The molecule has 0 spiro atoms. The molecule has 2 nitrogen and oxygen atoms in total. The predicted octanol–water partition coefficient (Wildman–Crippen LogP) is 1.83. The molecule has 0 aliphatic rings. The Morgan fingerprint density at radius 1 is 1.33 bits per heavy atom. The lowest BCUT2D eigenvalue weighted by molar-refractivity contribution is 0.0797. The molecule has 0 saturated carbocycles. The third-order valence-electron chi connectivity index (χ3n) is 1.66. The second-order valence-corrected chi connectivity index (χ2v) is 3.83. The molecular weight excluding hydrogens is 171 g/mol. The van der Waals surface area contributed by atoms with E-state index in [0.29, 0.717) is 10.9 Å². The first-order chi connectivity index (χ1) is 5.55. The maximum atomic E-state index is 10.7. The molecule has 0 radical (unpaired) electrons. The fourth-order valence-corrected chi connectivity index (χ4v) is 1.66. The van der Waals surface area contributed by atoms with Gasteiger partial charge in [0.1, 0.15) is 0 Å². The summed E-state index contributed by atoms with van der Waals surface area (Å²) in [4.78, 5) is 0. The molecule has 1 N–H and O–H groups in total. The lowest BCUT2D eigenvalue weighted by Crippen LogP contribution is -2.21. The second-order valence-electron chi connectivity index (χ2n) is 3.17. The summed E-state index contributed by atoms with van der Waals surface area (Å²) in [6, 6.07) is 7.14. The van der Waals surface area contributed by atoms with Gasteiger partial charge in [-0.15, -0.1) is 0 Å². The van der Waals surface area contributed by atoms with Crippen molar-refractivity contribution >= 4 is 13.8 Å². The van der Waals surface area contributed by atoms with Gasteiger partial charge in [-0.2, -0.15) is 0 Å². The number of aliphatic hydroxyl groups is 1. The van der Waals surface area contributed by atoms with Crippen LogP contribution >= 0.6 is 8.46 Å². The lowest BCUT2D eigenvalue weighted by Gasteiger charge is -2.18. The molecule has 12 heavy (non-hydrogen) atoms. The summed E-state index contributed by atoms with van der Waals surface area (Å²) in [5.74, 6) is 0. The first kappa shape index (κ1) is 9.37. The van der Waals surface area contributed by atoms with Crippen molar-refractivity contribution in [3.8, 4) is 0 Å². The van der Waals surface area contributed by atoms with Gasteiger partial charge in [0.15, 0.2) is 8.46 Å². The summed E-state index contributed by atoms with van der Waals surface area (Å²) in [7, 11) is -0.0476. The molecule has 0 fully saturated rings. The quantitative estimate of drug-likeness (QED) is 0.708. The Kier molecular flexibility index (Phi) is 2.61. The van der Waals surface area contributed by atoms with Crippen LogP contribution in [0.5, 0.6) is 0 Å². The molecule has 0 saturated heterocycles. The average Bonchev–Trinajstić information content (AvgIpc) is 2.03. The Hall–Kier alpha value is -0.720. The molecule has 1 aromatic rings. The molecule has 0 atom stereocenters. The summed E-state index contributed by atoms with van der Waals surface area (Å²) in [6.07, 6.45) is 0. The highest BCUT2D eigenvalue weighted by molar-refractivity contribution is 7.34. The first-order valence-electron chi connectivity index (χ1n) is 3.71. The van der Waals surface area contributed by atoms with Gasteiger partial charge in [0.2, 0.25) is 0 Å². The largest absolute Gasteiger partial charge is 0.386 e. The zero-order chi connectivity index (χ0) is 9.19. The standard InChI is InChI=1S/C9H11O2P/c1-9(2,10)7-5-3-4-6-8(7)12-11/h3-6,10H,1-2H3. The monoisotopic (exact) mass is 182 g/mol. The Morgan fingerprint density at radius 3 is 2.33 bits per heavy atom. The number of rotatable bonds is 2. The Balaban J connectivity index is 3.23. The van der Waals surface area contributed by atoms with Crippen LogP contribution in [0.2, 0.25) is 0 Å². The Bertz CT molecular complexity index is 289. The smallest absolute Gasteiger partial charge is 0.192 e. The molecule has 0 amide bonds. The third kappa shape index (κ3) is 1.90. The van der Waals surface area contributed by atoms with Crippen LogP contribution in [-0.2, 0) is 10.2 Å². The van der Waals surface area contributed by atoms with Crippen LogP contribution in [0.3, 0.4) is 0 Å². The molecule has 64 valence electrons. The van der Waals surface area contributed by atoms with Crippen molar-refractivity contribution in [1.29, 1.82) is 0 Å². The van der Waals surface area contributed by atoms with Gasteiger partial charge in [-0.05, 0) is 25.5 Å². The second kappa shape index (κ2) is 3.34. The summed E-state index contributed by atoms with van der Waals surface area (Å²) in [5, 5.41) is 10.3. The van der Waals surface area contributed by atoms with E-state index in [1.54, 1.807) is 32.0 Å². The highest BCUT2D eigenvalue weighted by atomic mass is 31.1. The summed E-state index contributed by atoms with van der Waals surface area (Å²) in [5.41, 5.74) is -0.213. The zero-order valence-electron chi connectivity index (χ0n) is 7.11. The van der Waals surface area contributed by atoms with E-state index in [0.717, 1.165) is 0 Å². The van der Waals surface area contributed by atoms with E-state index in [1.165, 1.54) is 0 Å². The SMILES string of the molecule is CC(C)(O)c1ccccc1P=O. The number of hydrogen-bond donors (Lipinski definition) is 1. The van der Waals surface area contributed by atoms with Gasteiger partial charge in [-0.3, -0.25) is 4.57 Å². The lowest BCUT2D eigenvalue weighted by atomic mass is 9.99. The molecule has 0 aliphatic heterocycles. The normalized spacial score (nSPS) is 11.9. The van der Waals surface area contributed by atoms with Crippen LogP contribution in [0.15, 0.2) is 24.3 Å². The van der Waals surface area contributed by atoms with Crippen molar-refractivity contribution in [2.75, 3.05) is 0 Å². The van der Waals surface area contributed by atoms with Gasteiger partial charge in [0.05, 0.1) is 5.60 Å². The van der Waals surface area contributed by atoms with Gasteiger partial charge < -0.3 is 5.11 Å². The molecule has 0 unspecified atom stereocenters. The average molecular weight is 182 g/mol. The molecule has 0 aliphatic carbocycles. The van der Waals surface area contributed by atoms with Gasteiger partial charge >= 0.3 is 0 Å². The van der Waals surface area contributed by atoms with Crippen molar-refractivity contribution < 1.29 is 9.67 Å². The van der Waals surface area contributed by atoms with Crippen molar-refractivity contribution in [2.24, 2.45) is 0 Å². The fraction of sp³-hybridized carbons (Fsp3) is 0.333. The van der Waals surface area contributed by atoms with Gasteiger partial charge in [-0.1, -0.05) is 18.2 Å². The maximum Gasteiger partial charge on any atom is 0.192 e. The van der Waals surface area contributed by atoms with Crippen molar-refractivity contribution in [1.82, 2.24) is 0 Å². The number of benzene rings is 1. The fourth-order valence-electron chi connectivity index (χ4n) is 1.07. The van der Waals surface area contributed by atoms with E-state index < -0.39 is 5.60 Å². The van der Waals surface area contributed by atoms with Crippen LogP contribution in [-0.4, -0.2) is 5.11 Å².